The van der Waals surface area contributed by atoms with Gasteiger partial charge < -0.3 is 13.9 Å². The van der Waals surface area contributed by atoms with Crippen molar-refractivity contribution in [1.82, 2.24) is 9.97 Å². The number of pyridine rings is 1. The summed E-state index contributed by atoms with van der Waals surface area (Å²) in [6.07, 6.45) is 3.35. The number of aryl methyl sites for hydroxylation is 1. The summed E-state index contributed by atoms with van der Waals surface area (Å²) in [5.41, 5.74) is 3.53. The average molecular weight is 284 g/mol. The molecule has 3 aromatic rings. The van der Waals surface area contributed by atoms with Crippen LogP contribution in [0.25, 0.3) is 22.6 Å². The Labute approximate surface area is 122 Å². The van der Waals surface area contributed by atoms with E-state index in [9.17, 15) is 0 Å². The Kier molecular flexibility index (Phi) is 3.83. The van der Waals surface area contributed by atoms with Gasteiger partial charge in [0.15, 0.2) is 5.58 Å². The van der Waals surface area contributed by atoms with Gasteiger partial charge in [-0.25, -0.2) is 4.98 Å². The third kappa shape index (κ3) is 2.87. The number of fused-ring (bicyclic) bond motifs is 1. The van der Waals surface area contributed by atoms with Crippen LogP contribution in [0, 0.1) is 6.92 Å². The van der Waals surface area contributed by atoms with E-state index in [4.69, 9.17) is 13.9 Å². The lowest BCUT2D eigenvalue weighted by Gasteiger charge is -2.07. The molecule has 0 atom stereocenters. The maximum Gasteiger partial charge on any atom is 0.231 e. The van der Waals surface area contributed by atoms with Gasteiger partial charge in [0.2, 0.25) is 5.89 Å². The summed E-state index contributed by atoms with van der Waals surface area (Å²) in [5, 5.41) is 0. The lowest BCUT2D eigenvalue weighted by atomic mass is 10.2. The second-order valence-corrected chi connectivity index (χ2v) is 4.70. The normalized spacial score (nSPS) is 11.0. The predicted octanol–water partition coefficient (Wildman–Crippen LogP) is 3.22. The van der Waals surface area contributed by atoms with Gasteiger partial charge in [-0.05, 0) is 30.7 Å². The second-order valence-electron chi connectivity index (χ2n) is 4.70. The van der Waals surface area contributed by atoms with E-state index in [1.165, 1.54) is 0 Å². The number of hydrogen-bond acceptors (Lipinski definition) is 5. The fourth-order valence-corrected chi connectivity index (χ4v) is 2.06. The van der Waals surface area contributed by atoms with Gasteiger partial charge >= 0.3 is 0 Å². The van der Waals surface area contributed by atoms with Crippen LogP contribution < -0.4 is 4.74 Å². The summed E-state index contributed by atoms with van der Waals surface area (Å²) >= 11 is 0. The monoisotopic (exact) mass is 284 g/mol. The zero-order chi connectivity index (χ0) is 14.7. The van der Waals surface area contributed by atoms with E-state index in [2.05, 4.69) is 9.97 Å². The van der Waals surface area contributed by atoms with Crippen molar-refractivity contribution in [2.45, 2.75) is 6.92 Å². The Morgan fingerprint density at radius 3 is 2.95 bits per heavy atom. The molecule has 21 heavy (non-hydrogen) atoms. The van der Waals surface area contributed by atoms with E-state index in [0.29, 0.717) is 24.9 Å². The van der Waals surface area contributed by atoms with Crippen LogP contribution in [0.15, 0.2) is 41.1 Å². The van der Waals surface area contributed by atoms with E-state index in [0.717, 1.165) is 22.2 Å². The first-order chi connectivity index (χ1) is 10.3. The Balaban J connectivity index is 1.97. The minimum atomic E-state index is 0.453. The van der Waals surface area contributed by atoms with Crippen LogP contribution in [0.5, 0.6) is 5.75 Å². The minimum absolute atomic E-state index is 0.453. The molecule has 0 aliphatic carbocycles. The smallest absolute Gasteiger partial charge is 0.231 e. The van der Waals surface area contributed by atoms with E-state index < -0.39 is 0 Å². The third-order valence-corrected chi connectivity index (χ3v) is 3.10. The quantitative estimate of drug-likeness (QED) is 0.673. The number of benzene rings is 1. The highest BCUT2D eigenvalue weighted by Crippen LogP contribution is 2.31. The molecule has 1 aromatic carbocycles. The van der Waals surface area contributed by atoms with Crippen molar-refractivity contribution in [3.05, 3.63) is 42.2 Å². The average Bonchev–Trinajstić information content (AvgIpc) is 2.91. The van der Waals surface area contributed by atoms with Gasteiger partial charge in [-0.1, -0.05) is 6.07 Å². The molecule has 2 aromatic heterocycles. The van der Waals surface area contributed by atoms with Crippen LogP contribution in [-0.4, -0.2) is 30.3 Å². The molecule has 3 rings (SSSR count). The third-order valence-electron chi connectivity index (χ3n) is 3.10. The molecular weight excluding hydrogens is 268 g/mol. The van der Waals surface area contributed by atoms with Crippen molar-refractivity contribution >= 4 is 11.1 Å². The predicted molar refractivity (Wildman–Crippen MR) is 79.3 cm³/mol. The van der Waals surface area contributed by atoms with Crippen LogP contribution in [-0.2, 0) is 4.74 Å². The van der Waals surface area contributed by atoms with Gasteiger partial charge in [-0.15, -0.1) is 0 Å². The van der Waals surface area contributed by atoms with E-state index in [-0.39, 0.29) is 0 Å². The maximum absolute atomic E-state index is 5.81. The van der Waals surface area contributed by atoms with Crippen LogP contribution in [0.2, 0.25) is 0 Å². The highest BCUT2D eigenvalue weighted by Gasteiger charge is 2.13. The van der Waals surface area contributed by atoms with Gasteiger partial charge in [-0.2, -0.15) is 0 Å². The van der Waals surface area contributed by atoms with Gasteiger partial charge in [0, 0.05) is 13.3 Å². The number of ether oxygens (including phenoxy) is 2. The topological polar surface area (TPSA) is 57.4 Å². The molecule has 0 N–H and O–H groups in total. The van der Waals surface area contributed by atoms with Crippen molar-refractivity contribution in [3.8, 4) is 17.2 Å². The molecule has 2 heterocycles. The van der Waals surface area contributed by atoms with Crippen molar-refractivity contribution in [2.75, 3.05) is 20.3 Å². The number of oxazole rings is 1. The molecular formula is C16H16N2O3. The summed E-state index contributed by atoms with van der Waals surface area (Å²) in [5.74, 6) is 1.17. The Bertz CT molecular complexity index is 752. The molecule has 0 saturated carbocycles. The fourth-order valence-electron chi connectivity index (χ4n) is 2.06. The molecule has 0 saturated heterocycles. The van der Waals surface area contributed by atoms with Crippen molar-refractivity contribution in [3.63, 3.8) is 0 Å². The van der Waals surface area contributed by atoms with E-state index in [1.807, 2.05) is 31.2 Å². The summed E-state index contributed by atoms with van der Waals surface area (Å²) < 4.78 is 16.5. The Hall–Kier alpha value is -2.40. The molecule has 0 aliphatic rings. The molecule has 0 amide bonds. The zero-order valence-corrected chi connectivity index (χ0v) is 12.0. The summed E-state index contributed by atoms with van der Waals surface area (Å²) in [7, 11) is 1.64. The van der Waals surface area contributed by atoms with Crippen molar-refractivity contribution in [2.24, 2.45) is 0 Å². The standard InChI is InChI=1S/C16H16N2O3/c1-11-3-4-14-13(9-11)18-16(21-14)12-5-6-17-10-15(12)20-8-7-19-2/h3-6,9-10H,7-8H2,1-2H3. The molecule has 0 spiro atoms. The fraction of sp³-hybridized carbons (Fsp3) is 0.250. The number of methoxy groups -OCH3 is 1. The van der Waals surface area contributed by atoms with E-state index >= 15 is 0 Å². The Morgan fingerprint density at radius 1 is 1.19 bits per heavy atom. The van der Waals surface area contributed by atoms with Crippen LogP contribution in [0.3, 0.4) is 0 Å². The summed E-state index contributed by atoms with van der Waals surface area (Å²) in [4.78, 5) is 8.61. The molecule has 0 aliphatic heterocycles. The van der Waals surface area contributed by atoms with Crippen molar-refractivity contribution in [1.29, 1.82) is 0 Å². The first kappa shape index (κ1) is 13.6. The molecule has 0 bridgehead atoms. The summed E-state index contributed by atoms with van der Waals surface area (Å²) in [6, 6.07) is 7.75. The lowest BCUT2D eigenvalue weighted by molar-refractivity contribution is 0.146. The highest BCUT2D eigenvalue weighted by atomic mass is 16.5. The first-order valence-corrected chi connectivity index (χ1v) is 6.71. The number of aromatic nitrogens is 2. The van der Waals surface area contributed by atoms with Gasteiger partial charge in [0.1, 0.15) is 17.9 Å². The molecule has 5 nitrogen and oxygen atoms in total. The largest absolute Gasteiger partial charge is 0.489 e. The molecule has 0 unspecified atom stereocenters. The second kappa shape index (κ2) is 5.93. The molecule has 0 fully saturated rings. The molecule has 108 valence electrons. The number of nitrogens with zero attached hydrogens (tertiary/aromatic N) is 2. The number of hydrogen-bond donors (Lipinski definition) is 0. The highest BCUT2D eigenvalue weighted by molar-refractivity contribution is 5.77. The van der Waals surface area contributed by atoms with Gasteiger partial charge in [-0.3, -0.25) is 4.98 Å². The summed E-state index contributed by atoms with van der Waals surface area (Å²) in [6.45, 7) is 3.00. The van der Waals surface area contributed by atoms with Crippen molar-refractivity contribution < 1.29 is 13.9 Å². The number of rotatable bonds is 5. The minimum Gasteiger partial charge on any atom is -0.489 e. The SMILES string of the molecule is COCCOc1cnccc1-c1nc2cc(C)ccc2o1. The lowest BCUT2D eigenvalue weighted by Crippen LogP contribution is -2.05. The van der Waals surface area contributed by atoms with Crippen LogP contribution >= 0.6 is 0 Å². The Morgan fingerprint density at radius 2 is 2.10 bits per heavy atom. The van der Waals surface area contributed by atoms with Gasteiger partial charge in [0.25, 0.3) is 0 Å². The molecule has 0 radical (unpaired) electrons. The van der Waals surface area contributed by atoms with E-state index in [1.54, 1.807) is 19.5 Å². The van der Waals surface area contributed by atoms with Crippen LogP contribution in [0.4, 0.5) is 0 Å². The maximum atomic E-state index is 5.81. The zero-order valence-electron chi connectivity index (χ0n) is 12.0. The first-order valence-electron chi connectivity index (χ1n) is 6.71. The van der Waals surface area contributed by atoms with Crippen LogP contribution in [0.1, 0.15) is 5.56 Å². The van der Waals surface area contributed by atoms with Gasteiger partial charge in [0.05, 0.1) is 18.4 Å². The molecule has 5 heteroatoms.